The summed E-state index contributed by atoms with van der Waals surface area (Å²) in [4.78, 5) is 60.3. The maximum absolute atomic E-state index is 13.0. The van der Waals surface area contributed by atoms with Crippen molar-refractivity contribution in [2.24, 2.45) is 11.8 Å². The molecule has 1 atom stereocenters. The second-order valence-corrected chi connectivity index (χ2v) is 6.80. The van der Waals surface area contributed by atoms with Crippen molar-refractivity contribution >= 4 is 28.8 Å². The molecule has 0 spiro atoms. The minimum atomic E-state index is -1.45. The van der Waals surface area contributed by atoms with Gasteiger partial charge in [0, 0.05) is 24.1 Å². The summed E-state index contributed by atoms with van der Waals surface area (Å²) in [5, 5.41) is 10.8. The summed E-state index contributed by atoms with van der Waals surface area (Å²) in [6, 6.07) is 13.9. The van der Waals surface area contributed by atoms with Gasteiger partial charge < -0.3 is 0 Å². The maximum Gasteiger partial charge on any atom is 0.269 e. The van der Waals surface area contributed by atoms with E-state index in [4.69, 9.17) is 0 Å². The first kappa shape index (κ1) is 21.8. The lowest BCUT2D eigenvalue weighted by atomic mass is 9.77. The molecular formula is C22H21NO6. The summed E-state index contributed by atoms with van der Waals surface area (Å²) in [5.41, 5.74) is 0.730. The van der Waals surface area contributed by atoms with Crippen molar-refractivity contribution in [2.75, 3.05) is 0 Å². The Labute approximate surface area is 167 Å². The Balaban J connectivity index is 2.34. The molecule has 0 heterocycles. The number of hydrogen-bond donors (Lipinski definition) is 0. The number of nitrogens with zero attached hydrogens (tertiary/aromatic N) is 1. The van der Waals surface area contributed by atoms with E-state index < -0.39 is 39.9 Å². The number of non-ortho nitro benzene ring substituents is 1. The summed E-state index contributed by atoms with van der Waals surface area (Å²) in [6.45, 7) is 2.35. The molecule has 7 heteroatoms. The fourth-order valence-electron chi connectivity index (χ4n) is 3.23. The van der Waals surface area contributed by atoms with Gasteiger partial charge in [0.1, 0.15) is 17.3 Å². The third kappa shape index (κ3) is 5.51. The third-order valence-corrected chi connectivity index (χ3v) is 4.70. The second kappa shape index (κ2) is 9.64. The van der Waals surface area contributed by atoms with Crippen molar-refractivity contribution in [3.05, 3.63) is 75.8 Å². The highest BCUT2D eigenvalue weighted by Crippen LogP contribution is 2.25. The van der Waals surface area contributed by atoms with Gasteiger partial charge in [0.2, 0.25) is 0 Å². The van der Waals surface area contributed by atoms with Crippen molar-refractivity contribution < 1.29 is 24.1 Å². The Hall–Kier alpha value is -3.48. The number of aryl methyl sites for hydroxylation is 1. The van der Waals surface area contributed by atoms with E-state index in [2.05, 4.69) is 0 Å². The van der Waals surface area contributed by atoms with Gasteiger partial charge in [-0.1, -0.05) is 30.3 Å². The van der Waals surface area contributed by atoms with Gasteiger partial charge in [-0.2, -0.15) is 0 Å². The molecule has 2 aromatic rings. The van der Waals surface area contributed by atoms with Crippen LogP contribution in [0.3, 0.4) is 0 Å². The van der Waals surface area contributed by atoms with Crippen LogP contribution in [-0.2, 0) is 20.8 Å². The fourth-order valence-corrected chi connectivity index (χ4v) is 3.23. The van der Waals surface area contributed by atoms with E-state index in [0.717, 1.165) is 17.7 Å². The van der Waals surface area contributed by atoms with E-state index in [9.17, 15) is 29.3 Å². The van der Waals surface area contributed by atoms with Gasteiger partial charge in [0.15, 0.2) is 5.78 Å². The molecular weight excluding hydrogens is 374 g/mol. The monoisotopic (exact) mass is 395 g/mol. The molecule has 150 valence electrons. The summed E-state index contributed by atoms with van der Waals surface area (Å²) in [6.07, 6.45) is 0.358. The Kier molecular flexibility index (Phi) is 7.25. The number of ketones is 4. The van der Waals surface area contributed by atoms with Crippen LogP contribution in [0.4, 0.5) is 5.69 Å². The van der Waals surface area contributed by atoms with E-state index in [0.29, 0.717) is 6.42 Å². The number of Topliss-reactive ketones (excluding diaryl/α,β-unsaturated/α-hetero) is 4. The first-order valence-corrected chi connectivity index (χ1v) is 9.08. The topological polar surface area (TPSA) is 111 Å². The lowest BCUT2D eigenvalue weighted by Gasteiger charge is -2.21. The van der Waals surface area contributed by atoms with Crippen molar-refractivity contribution in [3.63, 3.8) is 0 Å². The van der Waals surface area contributed by atoms with E-state index in [1.807, 2.05) is 30.3 Å². The number of benzene rings is 2. The molecule has 0 N–H and O–H groups in total. The minimum Gasteiger partial charge on any atom is -0.299 e. The molecule has 29 heavy (non-hydrogen) atoms. The number of nitro benzene ring substituents is 1. The molecule has 0 saturated carbocycles. The predicted molar refractivity (Wildman–Crippen MR) is 106 cm³/mol. The molecule has 0 bridgehead atoms. The van der Waals surface area contributed by atoms with Gasteiger partial charge in [-0.3, -0.25) is 29.3 Å². The molecule has 0 saturated heterocycles. The van der Waals surface area contributed by atoms with E-state index >= 15 is 0 Å². The highest BCUT2D eigenvalue weighted by molar-refractivity contribution is 6.17. The molecule has 0 amide bonds. The summed E-state index contributed by atoms with van der Waals surface area (Å²) in [7, 11) is 0. The molecule has 2 rings (SSSR count). The smallest absolute Gasteiger partial charge is 0.269 e. The summed E-state index contributed by atoms with van der Waals surface area (Å²) in [5.74, 6) is -5.14. The van der Waals surface area contributed by atoms with Crippen molar-refractivity contribution in [2.45, 2.75) is 26.7 Å². The fraction of sp³-hybridized carbons (Fsp3) is 0.273. The number of carbonyl (C=O) groups excluding carboxylic acids is 4. The standard InChI is InChI=1S/C22H21NO6/c1-14(24)20(15(2)25)21(19(26)13-8-16-6-4-3-5-7-16)22(27)17-9-11-18(12-10-17)23(28)29/h3-7,9-12,20-21H,8,13H2,1-2H3. The van der Waals surface area contributed by atoms with Crippen LogP contribution in [0.2, 0.25) is 0 Å². The zero-order chi connectivity index (χ0) is 21.6. The SMILES string of the molecule is CC(=O)C(C(C)=O)C(C(=O)CCc1ccccc1)C(=O)c1ccc([N+](=O)[O-])cc1. The highest BCUT2D eigenvalue weighted by atomic mass is 16.6. The first-order chi connectivity index (χ1) is 13.7. The van der Waals surface area contributed by atoms with Crippen LogP contribution in [-0.4, -0.2) is 28.1 Å². The van der Waals surface area contributed by atoms with E-state index in [-0.39, 0.29) is 17.7 Å². The molecule has 0 aliphatic rings. The first-order valence-electron chi connectivity index (χ1n) is 9.08. The molecule has 0 aliphatic carbocycles. The largest absolute Gasteiger partial charge is 0.299 e. The normalized spacial score (nSPS) is 11.7. The summed E-state index contributed by atoms with van der Waals surface area (Å²) >= 11 is 0. The van der Waals surface area contributed by atoms with Crippen LogP contribution in [0, 0.1) is 22.0 Å². The van der Waals surface area contributed by atoms with Crippen LogP contribution >= 0.6 is 0 Å². The van der Waals surface area contributed by atoms with Gasteiger partial charge in [-0.05, 0) is 38.0 Å². The van der Waals surface area contributed by atoms with Crippen LogP contribution in [0.5, 0.6) is 0 Å². The van der Waals surface area contributed by atoms with Crippen LogP contribution in [0.15, 0.2) is 54.6 Å². The highest BCUT2D eigenvalue weighted by Gasteiger charge is 2.40. The van der Waals surface area contributed by atoms with Crippen LogP contribution in [0.1, 0.15) is 36.2 Å². The van der Waals surface area contributed by atoms with Crippen molar-refractivity contribution in [1.29, 1.82) is 0 Å². The lowest BCUT2D eigenvalue weighted by molar-refractivity contribution is -0.384. The van der Waals surface area contributed by atoms with Crippen molar-refractivity contribution in [3.8, 4) is 0 Å². The zero-order valence-corrected chi connectivity index (χ0v) is 16.2. The number of hydrogen-bond acceptors (Lipinski definition) is 6. The van der Waals surface area contributed by atoms with Crippen molar-refractivity contribution in [1.82, 2.24) is 0 Å². The molecule has 0 aromatic heterocycles. The van der Waals surface area contributed by atoms with E-state index in [1.54, 1.807) is 0 Å². The molecule has 0 aliphatic heterocycles. The Morgan fingerprint density at radius 1 is 0.862 bits per heavy atom. The molecule has 7 nitrogen and oxygen atoms in total. The number of nitro groups is 1. The Bertz CT molecular complexity index is 920. The Morgan fingerprint density at radius 3 is 1.90 bits per heavy atom. The molecule has 0 radical (unpaired) electrons. The van der Waals surface area contributed by atoms with Crippen LogP contribution < -0.4 is 0 Å². The van der Waals surface area contributed by atoms with Gasteiger partial charge in [0.25, 0.3) is 5.69 Å². The molecule has 0 fully saturated rings. The van der Waals surface area contributed by atoms with Gasteiger partial charge in [-0.15, -0.1) is 0 Å². The van der Waals surface area contributed by atoms with Gasteiger partial charge in [0.05, 0.1) is 16.8 Å². The average Bonchev–Trinajstić information content (AvgIpc) is 2.69. The van der Waals surface area contributed by atoms with E-state index in [1.165, 1.54) is 26.0 Å². The minimum absolute atomic E-state index is 0.00946. The Morgan fingerprint density at radius 2 is 1.41 bits per heavy atom. The molecule has 2 aromatic carbocycles. The lowest BCUT2D eigenvalue weighted by Crippen LogP contribution is -2.39. The predicted octanol–water partition coefficient (Wildman–Crippen LogP) is 3.39. The number of rotatable bonds is 10. The maximum atomic E-state index is 13.0. The summed E-state index contributed by atoms with van der Waals surface area (Å²) < 4.78 is 0. The van der Waals surface area contributed by atoms with Crippen LogP contribution in [0.25, 0.3) is 0 Å². The average molecular weight is 395 g/mol. The molecule has 1 unspecified atom stereocenters. The quantitative estimate of drug-likeness (QED) is 0.264. The third-order valence-electron chi connectivity index (χ3n) is 4.70. The number of carbonyl (C=O) groups is 4. The van der Waals surface area contributed by atoms with Gasteiger partial charge >= 0.3 is 0 Å². The van der Waals surface area contributed by atoms with Gasteiger partial charge in [-0.25, -0.2) is 0 Å². The second-order valence-electron chi connectivity index (χ2n) is 6.80. The zero-order valence-electron chi connectivity index (χ0n) is 16.2.